The molecule has 0 saturated carbocycles. The summed E-state index contributed by atoms with van der Waals surface area (Å²) in [5.41, 5.74) is -4.47. The lowest BCUT2D eigenvalue weighted by atomic mass is 9.79. The smallest absolute Gasteiger partial charge is 0.358 e. The molecule has 64 heavy (non-hydrogen) atoms. The topological polar surface area (TPSA) is 118 Å². The molecule has 1 saturated heterocycles. The Balaban J connectivity index is 1.27. The number of aromatic nitrogens is 4. The number of hydrogen-bond donors (Lipinski definition) is 1. The number of halogens is 3. The first kappa shape index (κ1) is 42.9. The second-order valence-electron chi connectivity index (χ2n) is 15.0. The number of alkyl halides is 3. The molecule has 1 N–H and O–H groups in total. The van der Waals surface area contributed by atoms with Gasteiger partial charge in [-0.2, -0.15) is 21.6 Å². The number of H-pyrrole nitrogens is 1. The van der Waals surface area contributed by atoms with Gasteiger partial charge in [0.2, 0.25) is 0 Å². The number of imidazole rings is 1. The number of benzene rings is 6. The molecule has 1 fully saturated rings. The third-order valence-corrected chi connectivity index (χ3v) is 12.7. The quantitative estimate of drug-likeness (QED) is 0.0493. The molecule has 10 nitrogen and oxygen atoms in total. The van der Waals surface area contributed by atoms with Gasteiger partial charge < -0.3 is 19.2 Å². The lowest BCUT2D eigenvalue weighted by molar-refractivity contribution is -0.122. The second-order valence-corrected chi connectivity index (χ2v) is 17.0. The zero-order chi connectivity index (χ0) is 44.4. The van der Waals surface area contributed by atoms with E-state index in [1.165, 1.54) is 17.2 Å². The Labute approximate surface area is 372 Å². The highest BCUT2D eigenvalue weighted by molar-refractivity contribution is 7.87. The van der Waals surface area contributed by atoms with Crippen LogP contribution in [0.15, 0.2) is 195 Å². The average molecular weight is 901 g/mol. The van der Waals surface area contributed by atoms with Crippen molar-refractivity contribution in [2.45, 2.75) is 41.3 Å². The summed E-state index contributed by atoms with van der Waals surface area (Å²) in [7, 11) is -6.32. The molecule has 9 rings (SSSR count). The predicted octanol–water partition coefficient (Wildman–Crippen LogP) is 10.0. The normalized spacial score (nSPS) is 18.3. The Bertz CT molecular complexity index is 2790. The van der Waals surface area contributed by atoms with Gasteiger partial charge in [-0.05, 0) is 33.4 Å². The SMILES string of the molecule is O=S(=O)(O[C@H]1[C@@H](OC(c2ccccc2)(c2ccccc2)c2ccccc2)[C@H](n2cnc3c(=S)nc[nH]c32)O[C@@H]1COC(c1ccccc1)(c1ccccc1)c1ccccc1)C(F)(F)F. The van der Waals surface area contributed by atoms with Gasteiger partial charge in [0.05, 0.1) is 19.3 Å². The van der Waals surface area contributed by atoms with Crippen molar-refractivity contribution >= 4 is 33.5 Å². The third kappa shape index (κ3) is 7.84. The van der Waals surface area contributed by atoms with Crippen molar-refractivity contribution in [3.05, 3.63) is 233 Å². The van der Waals surface area contributed by atoms with E-state index < -0.39 is 58.0 Å². The summed E-state index contributed by atoms with van der Waals surface area (Å²) in [5.74, 6) is 0. The first-order chi connectivity index (χ1) is 31.0. The van der Waals surface area contributed by atoms with Crippen LogP contribution in [-0.2, 0) is 39.7 Å². The van der Waals surface area contributed by atoms with E-state index in [2.05, 4.69) is 15.0 Å². The molecule has 0 spiro atoms. The standard InChI is InChI=1S/C49H39F3N4O6S2/c50-49(51,52)64(57,58)62-42-40(31-59-47(34-19-7-1-8-20-34,35-21-9-2-10-22-35)36-23-11-3-12-24-36)60-46(56-33-55-41-44(56)53-32-54-45(41)63)43(42)61-48(37-25-13-4-14-26-37,38-27-15-5-16-28-38)39-29-17-6-18-30-39/h1-30,32-33,40,42-43,46H,31H2,(H,53,54,63)/t40-,42-,43-,46-/m1/s1. The molecule has 0 radical (unpaired) electrons. The van der Waals surface area contributed by atoms with Gasteiger partial charge in [-0.25, -0.2) is 9.97 Å². The Morgan fingerprint density at radius 1 is 0.609 bits per heavy atom. The summed E-state index contributed by atoms with van der Waals surface area (Å²) >= 11 is 5.50. The molecule has 6 aromatic carbocycles. The lowest BCUT2D eigenvalue weighted by Gasteiger charge is -2.40. The largest absolute Gasteiger partial charge is 0.523 e. The van der Waals surface area contributed by atoms with E-state index in [4.69, 9.17) is 30.6 Å². The lowest BCUT2D eigenvalue weighted by Crippen LogP contribution is -2.48. The molecule has 0 amide bonds. The molecule has 8 aromatic rings. The van der Waals surface area contributed by atoms with Crippen molar-refractivity contribution in [3.63, 3.8) is 0 Å². The highest BCUT2D eigenvalue weighted by atomic mass is 32.2. The summed E-state index contributed by atoms with van der Waals surface area (Å²) < 4.78 is 99.3. The van der Waals surface area contributed by atoms with E-state index in [0.717, 1.165) is 0 Å². The van der Waals surface area contributed by atoms with Gasteiger partial charge in [-0.3, -0.25) is 8.75 Å². The zero-order valence-electron chi connectivity index (χ0n) is 33.7. The number of fused-ring (bicyclic) bond motifs is 1. The molecule has 1 aliphatic rings. The van der Waals surface area contributed by atoms with Gasteiger partial charge >= 0.3 is 15.6 Å². The molecule has 0 aliphatic carbocycles. The second kappa shape index (κ2) is 17.7. The molecular weight excluding hydrogens is 862 g/mol. The maximum Gasteiger partial charge on any atom is 0.523 e. The van der Waals surface area contributed by atoms with Gasteiger partial charge in [0, 0.05) is 0 Å². The van der Waals surface area contributed by atoms with E-state index >= 15 is 0 Å². The van der Waals surface area contributed by atoms with Gasteiger partial charge in [0.25, 0.3) is 0 Å². The van der Waals surface area contributed by atoms with Crippen molar-refractivity contribution < 1.29 is 40.0 Å². The molecule has 15 heteroatoms. The highest BCUT2D eigenvalue weighted by Crippen LogP contribution is 2.48. The number of ether oxygens (including phenoxy) is 3. The van der Waals surface area contributed by atoms with Crippen LogP contribution in [0, 0.1) is 4.64 Å². The van der Waals surface area contributed by atoms with E-state index in [9.17, 15) is 21.6 Å². The Kier molecular flexibility index (Phi) is 11.9. The predicted molar refractivity (Wildman–Crippen MR) is 236 cm³/mol. The van der Waals surface area contributed by atoms with Crippen LogP contribution in [0.2, 0.25) is 0 Å². The first-order valence-corrected chi connectivity index (χ1v) is 22.0. The van der Waals surface area contributed by atoms with Crippen LogP contribution in [0.1, 0.15) is 39.6 Å². The molecule has 324 valence electrons. The fourth-order valence-electron chi connectivity index (χ4n) is 8.48. The molecule has 3 heterocycles. The number of nitrogens with one attached hydrogen (secondary N) is 1. The maximum atomic E-state index is 14.7. The van der Waals surface area contributed by atoms with Gasteiger partial charge in [0.1, 0.15) is 40.7 Å². The minimum Gasteiger partial charge on any atom is -0.358 e. The fourth-order valence-corrected chi connectivity index (χ4v) is 9.31. The molecule has 1 aliphatic heterocycles. The summed E-state index contributed by atoms with van der Waals surface area (Å²) in [6, 6.07) is 55.3. The Morgan fingerprint density at radius 3 is 1.42 bits per heavy atom. The third-order valence-electron chi connectivity index (χ3n) is 11.3. The van der Waals surface area contributed by atoms with Gasteiger partial charge in [-0.15, -0.1) is 0 Å². The summed E-state index contributed by atoms with van der Waals surface area (Å²) in [5, 5.41) is 0. The minimum atomic E-state index is -6.32. The van der Waals surface area contributed by atoms with E-state index in [1.54, 1.807) is 0 Å². The fraction of sp³-hybridized carbons (Fsp3) is 0.163. The molecular formula is C49H39F3N4O6S2. The first-order valence-electron chi connectivity index (χ1n) is 20.2. The van der Waals surface area contributed by atoms with Crippen molar-refractivity contribution in [2.24, 2.45) is 0 Å². The van der Waals surface area contributed by atoms with Crippen LogP contribution >= 0.6 is 12.2 Å². The number of hydrogen-bond acceptors (Lipinski definition) is 9. The van der Waals surface area contributed by atoms with Crippen molar-refractivity contribution in [3.8, 4) is 0 Å². The highest BCUT2D eigenvalue weighted by Gasteiger charge is 2.58. The van der Waals surface area contributed by atoms with Crippen molar-refractivity contribution in [2.75, 3.05) is 6.61 Å². The Morgan fingerprint density at radius 2 is 1.02 bits per heavy atom. The number of aromatic amines is 1. The van der Waals surface area contributed by atoms with Crippen LogP contribution in [0.5, 0.6) is 0 Å². The zero-order valence-corrected chi connectivity index (χ0v) is 35.4. The number of nitrogens with zero attached hydrogens (tertiary/aromatic N) is 3. The average Bonchev–Trinajstić information content (AvgIpc) is 3.91. The maximum absolute atomic E-state index is 14.7. The van der Waals surface area contributed by atoms with Crippen LogP contribution in [-0.4, -0.2) is 58.4 Å². The molecule has 4 atom stereocenters. The van der Waals surface area contributed by atoms with Crippen molar-refractivity contribution in [1.29, 1.82) is 0 Å². The van der Waals surface area contributed by atoms with Crippen LogP contribution < -0.4 is 0 Å². The number of rotatable bonds is 14. The molecule has 2 aromatic heterocycles. The van der Waals surface area contributed by atoms with Crippen LogP contribution in [0.4, 0.5) is 13.2 Å². The summed E-state index contributed by atoms with van der Waals surface area (Å²) in [6.07, 6.45) is -3.89. The summed E-state index contributed by atoms with van der Waals surface area (Å²) in [6.45, 7) is -0.508. The minimum absolute atomic E-state index is 0.140. The Hall–Kier alpha value is -6.33. The molecule has 0 unspecified atom stereocenters. The monoisotopic (exact) mass is 900 g/mol. The summed E-state index contributed by atoms with van der Waals surface area (Å²) in [4.78, 5) is 11.7. The van der Waals surface area contributed by atoms with Crippen LogP contribution in [0.25, 0.3) is 11.2 Å². The van der Waals surface area contributed by atoms with Crippen molar-refractivity contribution in [1.82, 2.24) is 19.5 Å². The van der Waals surface area contributed by atoms with E-state index in [1.807, 2.05) is 182 Å². The van der Waals surface area contributed by atoms with E-state index in [-0.39, 0.29) is 15.8 Å². The van der Waals surface area contributed by atoms with E-state index in [0.29, 0.717) is 33.4 Å². The van der Waals surface area contributed by atoms with Gasteiger partial charge in [0.15, 0.2) is 10.9 Å². The molecule has 0 bridgehead atoms. The van der Waals surface area contributed by atoms with Gasteiger partial charge in [-0.1, -0.05) is 194 Å². The van der Waals surface area contributed by atoms with Crippen LogP contribution in [0.3, 0.4) is 0 Å².